The molecule has 0 N–H and O–H groups in total. The molecule has 0 aliphatic carbocycles. The van der Waals surface area contributed by atoms with Gasteiger partial charge in [0.2, 0.25) is 0 Å². The minimum Gasteiger partial charge on any atom is -0.495 e. The third kappa shape index (κ3) is 3.19. The number of hydrogen-bond donors (Lipinski definition) is 0. The van der Waals surface area contributed by atoms with Crippen LogP contribution in [-0.4, -0.2) is 27.6 Å². The predicted octanol–water partition coefficient (Wildman–Crippen LogP) is 2.64. The highest BCUT2D eigenvalue weighted by Gasteiger charge is 2.19. The summed E-state index contributed by atoms with van der Waals surface area (Å²) in [4.78, 5) is 22.3. The van der Waals surface area contributed by atoms with Crippen molar-refractivity contribution in [3.05, 3.63) is 50.7 Å². The minimum absolute atomic E-state index is 0.0999. The Hall–Kier alpha value is -2.41. The second kappa shape index (κ2) is 5.92. The number of ketones is 1. The highest BCUT2D eigenvalue weighted by molar-refractivity contribution is 6.32. The van der Waals surface area contributed by atoms with Gasteiger partial charge in [0, 0.05) is 5.56 Å². The first kappa shape index (κ1) is 15.0. The molecule has 110 valence electrons. The van der Waals surface area contributed by atoms with Gasteiger partial charge in [0.15, 0.2) is 5.78 Å². The van der Waals surface area contributed by atoms with Crippen molar-refractivity contribution in [1.82, 2.24) is 9.78 Å². The van der Waals surface area contributed by atoms with Crippen LogP contribution < -0.4 is 4.74 Å². The number of nitro groups is 1. The van der Waals surface area contributed by atoms with Crippen LogP contribution in [0.1, 0.15) is 15.9 Å². The van der Waals surface area contributed by atoms with Gasteiger partial charge in [-0.2, -0.15) is 4.68 Å². The molecule has 0 spiro atoms. The Balaban J connectivity index is 2.20. The first-order valence-electron chi connectivity index (χ1n) is 5.97. The number of nitrogens with zero attached hydrogens (tertiary/aromatic N) is 3. The number of halogens is 1. The molecule has 0 aliphatic rings. The zero-order valence-corrected chi connectivity index (χ0v) is 12.1. The fourth-order valence-corrected chi connectivity index (χ4v) is 2.11. The Bertz CT molecular complexity index is 711. The first-order chi connectivity index (χ1) is 9.92. The Morgan fingerprint density at radius 3 is 2.76 bits per heavy atom. The van der Waals surface area contributed by atoms with E-state index in [1.54, 1.807) is 19.1 Å². The summed E-state index contributed by atoms with van der Waals surface area (Å²) in [5, 5.41) is 14.8. The smallest absolute Gasteiger partial charge is 0.392 e. The standard InChI is InChI=1S/C13H12ClN3O4/c1-8-6-16(15-13(8)17(19)20)7-11(18)9-3-4-12(21-2)10(14)5-9/h3-6H,7H2,1-2H3. The zero-order valence-electron chi connectivity index (χ0n) is 11.4. The largest absolute Gasteiger partial charge is 0.495 e. The second-order valence-electron chi connectivity index (χ2n) is 4.36. The number of methoxy groups -OCH3 is 1. The summed E-state index contributed by atoms with van der Waals surface area (Å²) in [5.74, 6) is -0.0358. The van der Waals surface area contributed by atoms with E-state index in [0.717, 1.165) is 0 Å². The summed E-state index contributed by atoms with van der Waals surface area (Å²) in [6.07, 6.45) is 1.46. The number of ether oxygens (including phenoxy) is 1. The molecule has 21 heavy (non-hydrogen) atoms. The molecule has 0 unspecified atom stereocenters. The van der Waals surface area contributed by atoms with Crippen LogP contribution in [0.25, 0.3) is 0 Å². The number of benzene rings is 1. The molecule has 0 atom stereocenters. The lowest BCUT2D eigenvalue weighted by atomic mass is 10.1. The van der Waals surface area contributed by atoms with Crippen molar-refractivity contribution >= 4 is 23.2 Å². The summed E-state index contributed by atoms with van der Waals surface area (Å²) >= 11 is 5.96. The summed E-state index contributed by atoms with van der Waals surface area (Å²) < 4.78 is 6.25. The van der Waals surface area contributed by atoms with Crippen LogP contribution in [0.2, 0.25) is 5.02 Å². The van der Waals surface area contributed by atoms with Gasteiger partial charge in [-0.05, 0) is 30.0 Å². The van der Waals surface area contributed by atoms with Gasteiger partial charge >= 0.3 is 5.82 Å². The molecule has 1 aromatic carbocycles. The zero-order chi connectivity index (χ0) is 15.6. The maximum absolute atomic E-state index is 12.1. The van der Waals surface area contributed by atoms with E-state index in [4.69, 9.17) is 16.3 Å². The molecule has 8 heteroatoms. The number of Topliss-reactive ketones (excluding diaryl/α,β-unsaturated/α-hetero) is 1. The molecule has 2 aromatic rings. The number of carbonyl (C=O) groups excluding carboxylic acids is 1. The van der Waals surface area contributed by atoms with Crippen molar-refractivity contribution in [2.45, 2.75) is 13.5 Å². The molecule has 0 fully saturated rings. The van der Waals surface area contributed by atoms with Crippen molar-refractivity contribution < 1.29 is 14.5 Å². The van der Waals surface area contributed by atoms with Gasteiger partial charge in [0.25, 0.3) is 0 Å². The van der Waals surface area contributed by atoms with Gasteiger partial charge < -0.3 is 14.9 Å². The lowest BCUT2D eigenvalue weighted by Crippen LogP contribution is -2.11. The second-order valence-corrected chi connectivity index (χ2v) is 4.77. The van der Waals surface area contributed by atoms with Crippen LogP contribution in [0.5, 0.6) is 5.75 Å². The summed E-state index contributed by atoms with van der Waals surface area (Å²) in [6.45, 7) is 1.47. The van der Waals surface area contributed by atoms with Crippen molar-refractivity contribution in [3.8, 4) is 5.75 Å². The van der Waals surface area contributed by atoms with E-state index in [-0.39, 0.29) is 18.1 Å². The van der Waals surface area contributed by atoms with Gasteiger partial charge in [0.05, 0.1) is 29.0 Å². The molecule has 1 aromatic heterocycles. The molecule has 0 aliphatic heterocycles. The number of rotatable bonds is 5. The lowest BCUT2D eigenvalue weighted by molar-refractivity contribution is -0.390. The van der Waals surface area contributed by atoms with Crippen molar-refractivity contribution in [2.75, 3.05) is 7.11 Å². The Labute approximate surface area is 125 Å². The Kier molecular flexibility index (Phi) is 4.23. The van der Waals surface area contributed by atoms with E-state index < -0.39 is 4.92 Å². The Morgan fingerprint density at radius 2 is 2.24 bits per heavy atom. The highest BCUT2D eigenvalue weighted by atomic mass is 35.5. The average molecular weight is 310 g/mol. The van der Waals surface area contributed by atoms with E-state index >= 15 is 0 Å². The van der Waals surface area contributed by atoms with Crippen molar-refractivity contribution in [2.24, 2.45) is 0 Å². The lowest BCUT2D eigenvalue weighted by Gasteiger charge is -2.04. The quantitative estimate of drug-likeness (QED) is 0.481. The van der Waals surface area contributed by atoms with Gasteiger partial charge in [-0.3, -0.25) is 4.79 Å². The molecule has 2 rings (SSSR count). The molecule has 0 radical (unpaired) electrons. The number of aromatic nitrogens is 2. The van der Waals surface area contributed by atoms with Crippen molar-refractivity contribution in [3.63, 3.8) is 0 Å². The fraction of sp³-hybridized carbons (Fsp3) is 0.231. The van der Waals surface area contributed by atoms with Gasteiger partial charge in [-0.15, -0.1) is 0 Å². The normalized spacial score (nSPS) is 10.4. The molecule has 0 saturated heterocycles. The fourth-order valence-electron chi connectivity index (χ4n) is 1.85. The van der Waals surface area contributed by atoms with Crippen LogP contribution in [0, 0.1) is 17.0 Å². The van der Waals surface area contributed by atoms with Crippen LogP contribution in [0.15, 0.2) is 24.4 Å². The van der Waals surface area contributed by atoms with E-state index in [9.17, 15) is 14.9 Å². The maximum atomic E-state index is 12.1. The predicted molar refractivity (Wildman–Crippen MR) is 76.0 cm³/mol. The number of hydrogen-bond acceptors (Lipinski definition) is 5. The highest BCUT2D eigenvalue weighted by Crippen LogP contribution is 2.25. The monoisotopic (exact) mass is 309 g/mol. The molecular weight excluding hydrogens is 298 g/mol. The van der Waals surface area contributed by atoms with Gasteiger partial charge in [-0.25, -0.2) is 0 Å². The summed E-state index contributed by atoms with van der Waals surface area (Å²) in [5.41, 5.74) is 0.789. The number of aryl methyl sites for hydroxylation is 1. The first-order valence-corrected chi connectivity index (χ1v) is 6.35. The minimum atomic E-state index is -0.583. The molecule has 0 saturated carbocycles. The summed E-state index contributed by atoms with van der Waals surface area (Å²) in [7, 11) is 1.48. The van der Waals surface area contributed by atoms with Gasteiger partial charge in [0.1, 0.15) is 12.3 Å². The van der Waals surface area contributed by atoms with E-state index in [2.05, 4.69) is 5.10 Å². The topological polar surface area (TPSA) is 87.3 Å². The van der Waals surface area contributed by atoms with E-state index in [1.165, 1.54) is 24.1 Å². The molecule has 0 bridgehead atoms. The Morgan fingerprint density at radius 1 is 1.52 bits per heavy atom. The molecule has 7 nitrogen and oxygen atoms in total. The summed E-state index contributed by atoms with van der Waals surface area (Å²) in [6, 6.07) is 4.66. The van der Waals surface area contributed by atoms with Crippen molar-refractivity contribution in [1.29, 1.82) is 0 Å². The average Bonchev–Trinajstić information content (AvgIpc) is 2.79. The molecule has 1 heterocycles. The molecule has 0 amide bonds. The van der Waals surface area contributed by atoms with E-state index in [1.807, 2.05) is 0 Å². The van der Waals surface area contributed by atoms with Gasteiger partial charge in [-0.1, -0.05) is 11.6 Å². The maximum Gasteiger partial charge on any atom is 0.392 e. The number of carbonyl (C=O) groups is 1. The van der Waals surface area contributed by atoms with Crippen LogP contribution in [0.3, 0.4) is 0 Å². The van der Waals surface area contributed by atoms with Crippen LogP contribution in [0.4, 0.5) is 5.82 Å². The third-order valence-electron chi connectivity index (χ3n) is 2.87. The van der Waals surface area contributed by atoms with Crippen LogP contribution >= 0.6 is 11.6 Å². The van der Waals surface area contributed by atoms with Crippen LogP contribution in [-0.2, 0) is 6.54 Å². The SMILES string of the molecule is COc1ccc(C(=O)Cn2cc(C)c([N+](=O)[O-])n2)cc1Cl. The third-order valence-corrected chi connectivity index (χ3v) is 3.17. The van der Waals surface area contributed by atoms with E-state index in [0.29, 0.717) is 21.9 Å². The molecular formula is C13H12ClN3O4.